The van der Waals surface area contributed by atoms with Gasteiger partial charge < -0.3 is 9.84 Å². The van der Waals surface area contributed by atoms with Gasteiger partial charge in [-0.15, -0.1) is 0 Å². The molecule has 0 spiro atoms. The monoisotopic (exact) mass is 384 g/mol. The van der Waals surface area contributed by atoms with Gasteiger partial charge in [-0.2, -0.15) is 0 Å². The number of hydrogen-bond acceptors (Lipinski definition) is 3. The molecule has 1 N–H and O–H groups in total. The predicted octanol–water partition coefficient (Wildman–Crippen LogP) is 5.26. The van der Waals surface area contributed by atoms with Gasteiger partial charge in [-0.05, 0) is 18.6 Å². The summed E-state index contributed by atoms with van der Waals surface area (Å²) in [5.74, 6) is -1.60. The zero-order chi connectivity index (χ0) is 17.1. The maximum absolute atomic E-state index is 11.8. The molecule has 23 heavy (non-hydrogen) atoms. The molecule has 0 radical (unpaired) electrons. The van der Waals surface area contributed by atoms with E-state index in [2.05, 4.69) is 22.9 Å². The van der Waals surface area contributed by atoms with Crippen molar-refractivity contribution in [3.05, 3.63) is 34.3 Å². The summed E-state index contributed by atoms with van der Waals surface area (Å²) < 4.78 is 5.98. The quantitative estimate of drug-likeness (QED) is 0.417. The van der Waals surface area contributed by atoms with Crippen LogP contribution in [0.5, 0.6) is 0 Å². The van der Waals surface area contributed by atoms with E-state index in [0.717, 1.165) is 23.7 Å². The second-order valence-electron chi connectivity index (χ2n) is 5.63. The molecule has 0 heterocycles. The molecule has 0 aliphatic heterocycles. The Kier molecular flexibility index (Phi) is 9.60. The Hall–Kier alpha value is -1.36. The van der Waals surface area contributed by atoms with Crippen molar-refractivity contribution in [2.75, 3.05) is 0 Å². The van der Waals surface area contributed by atoms with Crippen LogP contribution in [0.4, 0.5) is 0 Å². The lowest BCUT2D eigenvalue weighted by Crippen LogP contribution is -2.19. The molecule has 0 aliphatic carbocycles. The van der Waals surface area contributed by atoms with E-state index in [9.17, 15) is 14.7 Å². The third-order valence-electron chi connectivity index (χ3n) is 3.63. The summed E-state index contributed by atoms with van der Waals surface area (Å²) in [5, 5.41) is 9.25. The predicted molar refractivity (Wildman–Crippen MR) is 93.2 cm³/mol. The summed E-state index contributed by atoms with van der Waals surface area (Å²) in [7, 11) is 0. The minimum absolute atomic E-state index is 0.272. The van der Waals surface area contributed by atoms with E-state index in [1.165, 1.54) is 25.7 Å². The van der Waals surface area contributed by atoms with Crippen molar-refractivity contribution >= 4 is 27.9 Å². The number of benzene rings is 1. The van der Waals surface area contributed by atoms with Gasteiger partial charge in [-0.1, -0.05) is 73.5 Å². The molecule has 0 unspecified atom stereocenters. The molecule has 1 atom stereocenters. The van der Waals surface area contributed by atoms with Crippen LogP contribution in [0.25, 0.3) is 0 Å². The minimum Gasteiger partial charge on any atom is -0.478 e. The molecule has 1 aromatic carbocycles. The average Bonchev–Trinajstić information content (AvgIpc) is 2.52. The molecular weight excluding hydrogens is 360 g/mol. The summed E-state index contributed by atoms with van der Waals surface area (Å²) in [6.45, 7) is 2.18. The molecule has 0 fully saturated rings. The molecule has 0 aromatic heterocycles. The van der Waals surface area contributed by atoms with Crippen molar-refractivity contribution < 1.29 is 19.4 Å². The lowest BCUT2D eigenvalue weighted by atomic mass is 10.1. The Bertz CT molecular complexity index is 484. The van der Waals surface area contributed by atoms with Crippen LogP contribution in [-0.4, -0.2) is 17.0 Å². The van der Waals surface area contributed by atoms with Crippen LogP contribution < -0.4 is 0 Å². The van der Waals surface area contributed by atoms with E-state index < -0.39 is 18.0 Å². The SMILES string of the molecule is CCCCCCCCCC(=O)O[C@@H](C(=O)O)c1ccc(Br)cc1. The van der Waals surface area contributed by atoms with Crippen LogP contribution in [0.1, 0.15) is 70.0 Å². The van der Waals surface area contributed by atoms with Crippen molar-refractivity contribution in [3.63, 3.8) is 0 Å². The number of halogens is 1. The smallest absolute Gasteiger partial charge is 0.349 e. The van der Waals surface area contributed by atoms with Crippen LogP contribution >= 0.6 is 15.9 Å². The first-order valence-electron chi connectivity index (χ1n) is 8.22. The molecule has 1 rings (SSSR count). The summed E-state index contributed by atoms with van der Waals surface area (Å²) in [6.07, 6.45) is 6.79. The lowest BCUT2D eigenvalue weighted by Gasteiger charge is -2.14. The van der Waals surface area contributed by atoms with Gasteiger partial charge in [0.25, 0.3) is 0 Å². The Labute approximate surface area is 146 Å². The average molecular weight is 385 g/mol. The fourth-order valence-electron chi connectivity index (χ4n) is 2.32. The zero-order valence-corrected chi connectivity index (χ0v) is 15.2. The zero-order valence-electron chi connectivity index (χ0n) is 13.6. The van der Waals surface area contributed by atoms with E-state index >= 15 is 0 Å². The number of aliphatic carboxylic acids is 1. The highest BCUT2D eigenvalue weighted by atomic mass is 79.9. The molecule has 128 valence electrons. The largest absolute Gasteiger partial charge is 0.478 e. The van der Waals surface area contributed by atoms with Gasteiger partial charge in [0.1, 0.15) is 0 Å². The van der Waals surface area contributed by atoms with Gasteiger partial charge in [0.05, 0.1) is 0 Å². The van der Waals surface area contributed by atoms with Crippen LogP contribution in [0.15, 0.2) is 28.7 Å². The van der Waals surface area contributed by atoms with Crippen molar-refractivity contribution in [1.82, 2.24) is 0 Å². The van der Waals surface area contributed by atoms with E-state index in [0.29, 0.717) is 5.56 Å². The first-order valence-corrected chi connectivity index (χ1v) is 9.01. The Morgan fingerprint density at radius 3 is 2.17 bits per heavy atom. The molecule has 0 bridgehead atoms. The first kappa shape index (κ1) is 19.7. The summed E-state index contributed by atoms with van der Waals surface area (Å²) in [4.78, 5) is 23.1. The van der Waals surface area contributed by atoms with Crippen molar-refractivity contribution in [2.45, 2.75) is 64.4 Å². The van der Waals surface area contributed by atoms with Gasteiger partial charge >= 0.3 is 11.9 Å². The lowest BCUT2D eigenvalue weighted by molar-refractivity contribution is -0.164. The van der Waals surface area contributed by atoms with Crippen molar-refractivity contribution in [3.8, 4) is 0 Å². The normalized spacial score (nSPS) is 11.9. The number of esters is 1. The number of carbonyl (C=O) groups is 2. The van der Waals surface area contributed by atoms with E-state index in [1.54, 1.807) is 24.3 Å². The fourth-order valence-corrected chi connectivity index (χ4v) is 2.58. The van der Waals surface area contributed by atoms with E-state index in [4.69, 9.17) is 4.74 Å². The number of carbonyl (C=O) groups excluding carboxylic acids is 1. The number of unbranched alkanes of at least 4 members (excludes halogenated alkanes) is 6. The number of carboxylic acid groups (broad SMARTS) is 1. The molecule has 0 aliphatic rings. The summed E-state index contributed by atoms with van der Waals surface area (Å²) in [5.41, 5.74) is 0.466. The van der Waals surface area contributed by atoms with Gasteiger partial charge in [-0.3, -0.25) is 4.79 Å². The highest BCUT2D eigenvalue weighted by molar-refractivity contribution is 9.10. The van der Waals surface area contributed by atoms with Gasteiger partial charge in [0.2, 0.25) is 6.10 Å². The van der Waals surface area contributed by atoms with Gasteiger partial charge in [0.15, 0.2) is 0 Å². The fraction of sp³-hybridized carbons (Fsp3) is 0.556. The Balaban J connectivity index is 2.35. The van der Waals surface area contributed by atoms with Gasteiger partial charge in [-0.25, -0.2) is 4.79 Å². The molecule has 0 saturated carbocycles. The van der Waals surface area contributed by atoms with Crippen molar-refractivity contribution in [2.24, 2.45) is 0 Å². The third kappa shape index (κ3) is 8.16. The Morgan fingerprint density at radius 1 is 1.04 bits per heavy atom. The highest BCUT2D eigenvalue weighted by Crippen LogP contribution is 2.21. The molecule has 5 heteroatoms. The topological polar surface area (TPSA) is 63.6 Å². The van der Waals surface area contributed by atoms with Crippen LogP contribution in [0.2, 0.25) is 0 Å². The molecule has 1 aromatic rings. The summed E-state index contributed by atoms with van der Waals surface area (Å²) in [6, 6.07) is 6.75. The molecule has 0 amide bonds. The maximum Gasteiger partial charge on any atom is 0.349 e. The van der Waals surface area contributed by atoms with Crippen LogP contribution in [0, 0.1) is 0 Å². The standard InChI is InChI=1S/C18H25BrO4/c1-2-3-4-5-6-7-8-9-16(20)23-17(18(21)22)14-10-12-15(19)13-11-14/h10-13,17H,2-9H2,1H3,(H,21,22)/t17-/m1/s1. The van der Waals surface area contributed by atoms with Crippen molar-refractivity contribution in [1.29, 1.82) is 0 Å². The number of carboxylic acids is 1. The van der Waals surface area contributed by atoms with E-state index in [-0.39, 0.29) is 6.42 Å². The maximum atomic E-state index is 11.8. The minimum atomic E-state index is -1.24. The van der Waals surface area contributed by atoms with Crippen LogP contribution in [0.3, 0.4) is 0 Å². The Morgan fingerprint density at radius 2 is 1.61 bits per heavy atom. The second kappa shape index (κ2) is 11.2. The third-order valence-corrected chi connectivity index (χ3v) is 4.16. The van der Waals surface area contributed by atoms with E-state index in [1.807, 2.05) is 0 Å². The molecule has 4 nitrogen and oxygen atoms in total. The van der Waals surface area contributed by atoms with Crippen LogP contribution in [-0.2, 0) is 14.3 Å². The molecule has 0 saturated heterocycles. The first-order chi connectivity index (χ1) is 11.0. The number of ether oxygens (including phenoxy) is 1. The molecular formula is C18H25BrO4. The number of rotatable bonds is 11. The second-order valence-corrected chi connectivity index (χ2v) is 6.55. The van der Waals surface area contributed by atoms with Gasteiger partial charge in [0, 0.05) is 16.5 Å². The number of hydrogen-bond donors (Lipinski definition) is 1. The summed E-state index contributed by atoms with van der Waals surface area (Å²) >= 11 is 3.29. The highest BCUT2D eigenvalue weighted by Gasteiger charge is 2.24.